The second-order valence-electron chi connectivity index (χ2n) is 27.0. The van der Waals surface area contributed by atoms with Crippen molar-refractivity contribution in [3.05, 3.63) is 142 Å². The predicted molar refractivity (Wildman–Crippen MR) is 393 cm³/mol. The van der Waals surface area contributed by atoms with Crippen LogP contribution in [0.25, 0.3) is 22.0 Å². The summed E-state index contributed by atoms with van der Waals surface area (Å²) in [5.74, 6) is -2.73. The number of aliphatic hydroxyl groups excluding tert-OH is 1. The first-order chi connectivity index (χ1) is 50.9. The molecule has 8 atom stereocenters. The first-order valence-corrected chi connectivity index (χ1v) is 36.2. The number of epoxide rings is 1. The number of alkyl carbamates (subject to hydrolysis) is 1. The number of nitrogens with zero attached hydrogens (tertiary/aromatic N) is 5. The van der Waals surface area contributed by atoms with Crippen LogP contribution in [0.5, 0.6) is 5.75 Å². The maximum Gasteiger partial charge on any atom is 0.424 e. The zero-order valence-corrected chi connectivity index (χ0v) is 62.6. The van der Waals surface area contributed by atoms with Crippen molar-refractivity contribution >= 4 is 70.0 Å². The highest BCUT2D eigenvalue weighted by atomic mass is 35.5. The summed E-state index contributed by atoms with van der Waals surface area (Å²) < 4.78 is 65.1. The lowest BCUT2D eigenvalue weighted by Gasteiger charge is -2.41. The molecule has 4 aliphatic rings. The monoisotopic (exact) mass is 1490 g/mol. The van der Waals surface area contributed by atoms with Crippen molar-refractivity contribution in [3.8, 4) is 16.9 Å². The van der Waals surface area contributed by atoms with Gasteiger partial charge in [-0.1, -0.05) is 109 Å². The third kappa shape index (κ3) is 21.6. The SMILES string of the molecule is COc1cc2cc(c1Cl)N(C)C(=O)C[C@H](OC(=O)[C@H](C)N(C)C(=O)CCOCCOCCOCCOCCOCCOCCNC(=O)CNC(=O)CCn1c(CN(C)N(C)C(=O)OCC3c4ccccc4-c4ccccc43)cc3ccccc31)[C@]1(C)OC1[C@H](C)[C@@H]1C[C@@](O)(NC(=O)O1)[C@H](O)/C=C/C=C(\C)C2. The quantitative estimate of drug-likeness (QED) is 0.00909. The summed E-state index contributed by atoms with van der Waals surface area (Å²) in [5, 5.41) is 34.9. The minimum absolute atomic E-state index is 0.0436. The maximum atomic E-state index is 14.3. The fraction of sp³-hybridized carbons (Fsp3) is 0.519. The molecule has 0 spiro atoms. The van der Waals surface area contributed by atoms with Crippen LogP contribution in [0, 0.1) is 5.92 Å². The van der Waals surface area contributed by atoms with Crippen LogP contribution in [0.1, 0.15) is 81.7 Å². The number of ether oxygens (including phenoxy) is 11. The van der Waals surface area contributed by atoms with Crippen LogP contribution in [0.3, 0.4) is 0 Å². The van der Waals surface area contributed by atoms with E-state index in [1.165, 1.54) is 42.0 Å². The summed E-state index contributed by atoms with van der Waals surface area (Å²) in [6.45, 7) is 11.1. The maximum absolute atomic E-state index is 14.3. The van der Waals surface area contributed by atoms with Gasteiger partial charge in [-0.3, -0.25) is 24.5 Å². The van der Waals surface area contributed by atoms with Crippen molar-refractivity contribution < 1.29 is 95.9 Å². The van der Waals surface area contributed by atoms with E-state index in [1.54, 1.807) is 57.2 Å². The lowest BCUT2D eigenvalue weighted by atomic mass is 9.83. The van der Waals surface area contributed by atoms with E-state index >= 15 is 0 Å². The number of methoxy groups -OCH3 is 1. The Kier molecular flexibility index (Phi) is 29.9. The van der Waals surface area contributed by atoms with Crippen molar-refractivity contribution in [1.82, 2.24) is 35.4 Å². The minimum atomic E-state index is -2.11. The number of anilines is 1. The zero-order valence-electron chi connectivity index (χ0n) is 61.8. The van der Waals surface area contributed by atoms with Gasteiger partial charge in [-0.05, 0) is 84.7 Å². The molecule has 3 aliphatic heterocycles. The third-order valence-electron chi connectivity index (χ3n) is 19.6. The molecule has 2 fully saturated rings. The molecular weight excluding hydrogens is 1390 g/mol. The lowest BCUT2D eigenvalue weighted by Crippen LogP contribution is -2.63. The van der Waals surface area contributed by atoms with Crippen molar-refractivity contribution in [2.45, 2.75) is 121 Å². The average Bonchev–Trinajstić information content (AvgIpc) is 1.57. The molecule has 0 radical (unpaired) electrons. The van der Waals surface area contributed by atoms with Gasteiger partial charge in [0.05, 0.1) is 124 Å². The second-order valence-corrected chi connectivity index (χ2v) is 27.4. The molecule has 4 bridgehead atoms. The highest BCUT2D eigenvalue weighted by molar-refractivity contribution is 6.35. The topological polar surface area (TPSA) is 319 Å². The molecule has 4 aromatic carbocycles. The van der Waals surface area contributed by atoms with E-state index in [4.69, 9.17) is 63.7 Å². The lowest BCUT2D eigenvalue weighted by molar-refractivity contribution is -0.162. The number of esters is 1. The molecule has 29 heteroatoms. The molecule has 9 rings (SSSR count). The number of fused-ring (bicyclic) bond motifs is 9. The molecule has 106 heavy (non-hydrogen) atoms. The standard InChI is InChI=1S/C77H101ClN8O20/c1-50-17-16-24-65(87)77(95)46-64(104-74(93)81-77)51(2)72-76(4,106-72)66(45-70(91)84(7)62-42-53(41-50)43-63(96-9)71(62)78)105-73(92)52(3)83(6)69(90)26-29-97-31-33-99-35-37-101-39-40-102-38-36-100-34-32-98-30-27-79-68(89)47-80-67(88)25-28-86-55(44-54-18-10-15-23-61(54)86)48-82(5)85(8)75(94)103-49-60-58-21-13-11-19-56(58)57-20-12-14-22-59(57)60/h10-24,42-44,51-52,60,64-66,72,87,95H,25-41,45-49H2,1-9H3,(H,79,89)(H,80,88)(H,81,93)/b24-16+,50-17+/t51-,52+,64+,65-,66+,72?,76+,77+/m1/s1. The Bertz CT molecular complexity index is 3860. The fourth-order valence-electron chi connectivity index (χ4n) is 13.1. The smallest absolute Gasteiger partial charge is 0.424 e. The molecule has 2 saturated heterocycles. The Hall–Kier alpha value is -8.52. The number of para-hydroxylation sites is 1. The molecule has 1 aromatic heterocycles. The van der Waals surface area contributed by atoms with E-state index in [-0.39, 0.29) is 94.6 Å². The Morgan fingerprint density at radius 2 is 1.40 bits per heavy atom. The van der Waals surface area contributed by atoms with Gasteiger partial charge in [0.15, 0.2) is 5.72 Å². The van der Waals surface area contributed by atoms with Crippen LogP contribution in [-0.4, -0.2) is 248 Å². The Morgan fingerprint density at radius 3 is 2.04 bits per heavy atom. The van der Waals surface area contributed by atoms with Crippen molar-refractivity contribution in [2.24, 2.45) is 5.92 Å². The fourth-order valence-corrected chi connectivity index (χ4v) is 13.4. The number of aromatic nitrogens is 1. The van der Waals surface area contributed by atoms with Crippen LogP contribution in [-0.2, 0) is 90.9 Å². The third-order valence-corrected chi connectivity index (χ3v) is 20.0. The first-order valence-electron chi connectivity index (χ1n) is 35.8. The van der Waals surface area contributed by atoms with Crippen LogP contribution in [0.2, 0.25) is 5.02 Å². The average molecular weight is 1490 g/mol. The summed E-state index contributed by atoms with van der Waals surface area (Å²) >= 11 is 6.81. The molecule has 4 heterocycles. The number of hydrogen-bond donors (Lipinski definition) is 5. The number of benzene rings is 4. The number of nitrogens with one attached hydrogen (secondary N) is 3. The highest BCUT2D eigenvalue weighted by Crippen LogP contribution is 2.50. The molecule has 0 saturated carbocycles. The number of halogens is 1. The summed E-state index contributed by atoms with van der Waals surface area (Å²) in [7, 11) is 7.95. The number of amides is 6. The number of carbonyl (C=O) groups is 7. The number of hydrazine groups is 1. The Morgan fingerprint density at radius 1 is 0.792 bits per heavy atom. The zero-order chi connectivity index (χ0) is 76.1. The first kappa shape index (κ1) is 81.6. The van der Waals surface area contributed by atoms with Gasteiger partial charge in [0.25, 0.3) is 0 Å². The van der Waals surface area contributed by atoms with Gasteiger partial charge >= 0.3 is 18.2 Å². The van der Waals surface area contributed by atoms with E-state index in [0.29, 0.717) is 83.8 Å². The van der Waals surface area contributed by atoms with E-state index in [9.17, 15) is 43.8 Å². The van der Waals surface area contributed by atoms with Crippen LogP contribution in [0.4, 0.5) is 15.3 Å². The Balaban J connectivity index is 0.582. The summed E-state index contributed by atoms with van der Waals surface area (Å²) in [6.07, 6.45) is -1.43. The van der Waals surface area contributed by atoms with Gasteiger partial charge in [0.2, 0.25) is 23.6 Å². The Labute approximate surface area is 623 Å². The van der Waals surface area contributed by atoms with Crippen LogP contribution >= 0.6 is 11.6 Å². The van der Waals surface area contributed by atoms with E-state index in [1.807, 2.05) is 68.6 Å². The molecule has 1 aliphatic carbocycles. The second kappa shape index (κ2) is 38.8. The van der Waals surface area contributed by atoms with Gasteiger partial charge in [0.1, 0.15) is 47.3 Å². The molecule has 576 valence electrons. The van der Waals surface area contributed by atoms with Crippen LogP contribution in [0.15, 0.2) is 115 Å². The number of aryl methyl sites for hydroxylation is 1. The number of rotatable bonds is 35. The van der Waals surface area contributed by atoms with Gasteiger partial charge in [0, 0.05) is 77.2 Å². The molecule has 1 unspecified atom stereocenters. The molecular formula is C77H101ClN8O20. The van der Waals surface area contributed by atoms with Crippen molar-refractivity contribution in [1.29, 1.82) is 0 Å². The summed E-state index contributed by atoms with van der Waals surface area (Å²) in [6, 6.07) is 28.7. The largest absolute Gasteiger partial charge is 0.495 e. The van der Waals surface area contributed by atoms with E-state index in [0.717, 1.165) is 50.0 Å². The number of aliphatic hydroxyl groups is 2. The van der Waals surface area contributed by atoms with Gasteiger partial charge in [-0.2, -0.15) is 0 Å². The minimum Gasteiger partial charge on any atom is -0.495 e. The predicted octanol–water partition coefficient (Wildman–Crippen LogP) is 6.86. The molecule has 5 N–H and O–H groups in total. The number of carbonyl (C=O) groups excluding carboxylic acids is 7. The van der Waals surface area contributed by atoms with Crippen molar-refractivity contribution in [2.75, 3.05) is 139 Å². The van der Waals surface area contributed by atoms with Gasteiger partial charge in [-0.15, -0.1) is 0 Å². The van der Waals surface area contributed by atoms with Crippen molar-refractivity contribution in [3.63, 3.8) is 0 Å². The van der Waals surface area contributed by atoms with Gasteiger partial charge < -0.3 is 87.3 Å². The summed E-state index contributed by atoms with van der Waals surface area (Å²) in [5.41, 5.74) is 4.92. The van der Waals surface area contributed by atoms with E-state index < -0.39 is 77.7 Å². The normalized spacial score (nSPS) is 21.8. The summed E-state index contributed by atoms with van der Waals surface area (Å²) in [4.78, 5) is 96.2. The molecule has 6 amide bonds. The number of likely N-dealkylation sites (N-methyl/N-ethyl adjacent to an activating group) is 1. The van der Waals surface area contributed by atoms with Crippen LogP contribution < -0.4 is 25.6 Å². The highest BCUT2D eigenvalue weighted by Gasteiger charge is 2.64. The van der Waals surface area contributed by atoms with Gasteiger partial charge in [-0.25, -0.2) is 24.4 Å². The molecule has 28 nitrogen and oxygen atoms in total. The molecule has 5 aromatic rings. The number of hydrogen-bond acceptors (Lipinski definition) is 21. The van der Waals surface area contributed by atoms with E-state index in [2.05, 4.69) is 44.8 Å². The number of allylic oxidation sites excluding steroid dienone is 3.